The standard InChI is InChI=1S/C23H26N4O2/c1-3-22(28)26-18-6-7-19(13-18)27(2)23(29)21-9-5-17(14-25-21)15-4-8-20-16(12-15)10-11-24-20/h4-5,8-12,14,18-19,24H,3,6-7,13H2,1-2H3,(H,26,28)/t18-,19+/m0/s1. The summed E-state index contributed by atoms with van der Waals surface area (Å²) in [6.07, 6.45) is 6.76. The molecule has 0 aliphatic heterocycles. The second kappa shape index (κ2) is 8.07. The molecular formula is C23H26N4O2. The van der Waals surface area contributed by atoms with E-state index >= 15 is 0 Å². The fourth-order valence-electron chi connectivity index (χ4n) is 4.04. The number of carbonyl (C=O) groups is 2. The number of carbonyl (C=O) groups excluding carboxylic acids is 2. The summed E-state index contributed by atoms with van der Waals surface area (Å²) in [4.78, 5) is 33.9. The first-order valence-electron chi connectivity index (χ1n) is 10.1. The van der Waals surface area contributed by atoms with Crippen molar-refractivity contribution < 1.29 is 9.59 Å². The number of rotatable bonds is 5. The highest BCUT2D eigenvalue weighted by Gasteiger charge is 2.31. The van der Waals surface area contributed by atoms with Crippen LogP contribution in [0.15, 0.2) is 48.8 Å². The number of aromatic nitrogens is 2. The molecule has 0 radical (unpaired) electrons. The van der Waals surface area contributed by atoms with Gasteiger partial charge in [0.05, 0.1) is 0 Å². The Hall–Kier alpha value is -3.15. The van der Waals surface area contributed by atoms with E-state index in [1.165, 1.54) is 0 Å². The van der Waals surface area contributed by atoms with Crippen molar-refractivity contribution in [1.29, 1.82) is 0 Å². The summed E-state index contributed by atoms with van der Waals surface area (Å²) in [6.45, 7) is 1.85. The number of hydrogen-bond donors (Lipinski definition) is 2. The minimum absolute atomic E-state index is 0.0692. The highest BCUT2D eigenvalue weighted by atomic mass is 16.2. The average Bonchev–Trinajstić information content (AvgIpc) is 3.41. The minimum atomic E-state index is -0.0786. The number of fused-ring (bicyclic) bond motifs is 1. The Bertz CT molecular complexity index is 1020. The number of benzene rings is 1. The molecule has 150 valence electrons. The van der Waals surface area contributed by atoms with Crippen molar-refractivity contribution in [3.8, 4) is 11.1 Å². The number of H-pyrrole nitrogens is 1. The van der Waals surface area contributed by atoms with E-state index in [9.17, 15) is 9.59 Å². The highest BCUT2D eigenvalue weighted by molar-refractivity contribution is 5.93. The molecule has 2 amide bonds. The number of nitrogens with zero attached hydrogens (tertiary/aromatic N) is 2. The maximum absolute atomic E-state index is 12.9. The smallest absolute Gasteiger partial charge is 0.272 e. The molecular weight excluding hydrogens is 364 g/mol. The highest BCUT2D eigenvalue weighted by Crippen LogP contribution is 2.26. The first-order chi connectivity index (χ1) is 14.0. The summed E-state index contributed by atoms with van der Waals surface area (Å²) >= 11 is 0. The van der Waals surface area contributed by atoms with Crippen molar-refractivity contribution in [3.63, 3.8) is 0 Å². The van der Waals surface area contributed by atoms with E-state index in [4.69, 9.17) is 0 Å². The van der Waals surface area contributed by atoms with Gasteiger partial charge in [-0.15, -0.1) is 0 Å². The quantitative estimate of drug-likeness (QED) is 0.696. The molecule has 6 nitrogen and oxygen atoms in total. The lowest BCUT2D eigenvalue weighted by Crippen LogP contribution is -2.38. The topological polar surface area (TPSA) is 78.1 Å². The van der Waals surface area contributed by atoms with Crippen LogP contribution in [0.3, 0.4) is 0 Å². The van der Waals surface area contributed by atoms with Gasteiger partial charge in [-0.1, -0.05) is 19.1 Å². The number of aromatic amines is 1. The predicted molar refractivity (Wildman–Crippen MR) is 113 cm³/mol. The molecule has 1 saturated carbocycles. The Morgan fingerprint density at radius 1 is 1.17 bits per heavy atom. The third-order valence-electron chi connectivity index (χ3n) is 5.83. The Labute approximate surface area is 170 Å². The van der Waals surface area contributed by atoms with Crippen molar-refractivity contribution >= 4 is 22.7 Å². The molecule has 1 aliphatic carbocycles. The summed E-state index contributed by atoms with van der Waals surface area (Å²) in [5.41, 5.74) is 3.60. The molecule has 3 aromatic rings. The molecule has 0 saturated heterocycles. The summed E-state index contributed by atoms with van der Waals surface area (Å²) in [7, 11) is 1.83. The first-order valence-corrected chi connectivity index (χ1v) is 10.1. The van der Waals surface area contributed by atoms with Gasteiger partial charge in [-0.3, -0.25) is 14.6 Å². The molecule has 4 rings (SSSR count). The van der Waals surface area contributed by atoms with Crippen molar-refractivity contribution in [3.05, 3.63) is 54.5 Å². The van der Waals surface area contributed by atoms with Crippen LogP contribution in [0.25, 0.3) is 22.0 Å². The molecule has 0 spiro atoms. The second-order valence-corrected chi connectivity index (χ2v) is 7.71. The van der Waals surface area contributed by atoms with Crippen molar-refractivity contribution in [2.24, 2.45) is 0 Å². The van der Waals surface area contributed by atoms with Gasteiger partial charge in [0.15, 0.2) is 0 Å². The van der Waals surface area contributed by atoms with E-state index in [0.29, 0.717) is 12.1 Å². The fraction of sp³-hybridized carbons (Fsp3) is 0.348. The lowest BCUT2D eigenvalue weighted by atomic mass is 10.1. The second-order valence-electron chi connectivity index (χ2n) is 7.71. The van der Waals surface area contributed by atoms with E-state index in [1.807, 2.05) is 44.4 Å². The van der Waals surface area contributed by atoms with Crippen LogP contribution < -0.4 is 5.32 Å². The van der Waals surface area contributed by atoms with Gasteiger partial charge < -0.3 is 15.2 Å². The summed E-state index contributed by atoms with van der Waals surface area (Å²) < 4.78 is 0. The Balaban J connectivity index is 1.43. The van der Waals surface area contributed by atoms with Crippen LogP contribution in [0.2, 0.25) is 0 Å². The summed E-state index contributed by atoms with van der Waals surface area (Å²) in [6, 6.07) is 12.3. The Morgan fingerprint density at radius 2 is 2.00 bits per heavy atom. The number of pyridine rings is 1. The summed E-state index contributed by atoms with van der Waals surface area (Å²) in [5, 5.41) is 4.18. The predicted octanol–water partition coefficient (Wildman–Crippen LogP) is 3.75. The van der Waals surface area contributed by atoms with E-state index in [2.05, 4.69) is 21.4 Å². The Morgan fingerprint density at radius 3 is 2.76 bits per heavy atom. The molecule has 2 N–H and O–H groups in total. The molecule has 2 atom stereocenters. The zero-order valence-electron chi connectivity index (χ0n) is 16.8. The van der Waals surface area contributed by atoms with Crippen molar-refractivity contribution in [1.82, 2.24) is 20.2 Å². The molecule has 2 aromatic heterocycles. The van der Waals surface area contributed by atoms with Gasteiger partial charge >= 0.3 is 0 Å². The van der Waals surface area contributed by atoms with Gasteiger partial charge in [0.2, 0.25) is 5.91 Å². The van der Waals surface area contributed by atoms with E-state index in [0.717, 1.165) is 41.3 Å². The fourth-order valence-corrected chi connectivity index (χ4v) is 4.04. The van der Waals surface area contributed by atoms with Crippen LogP contribution in [0, 0.1) is 0 Å². The van der Waals surface area contributed by atoms with Crippen LogP contribution >= 0.6 is 0 Å². The third-order valence-corrected chi connectivity index (χ3v) is 5.83. The lowest BCUT2D eigenvalue weighted by molar-refractivity contribution is -0.121. The van der Waals surface area contributed by atoms with Gasteiger partial charge in [-0.25, -0.2) is 0 Å². The zero-order chi connectivity index (χ0) is 20.4. The van der Waals surface area contributed by atoms with Gasteiger partial charge in [0.1, 0.15) is 5.69 Å². The number of amides is 2. The Kier molecular flexibility index (Phi) is 5.34. The zero-order valence-corrected chi connectivity index (χ0v) is 16.8. The molecule has 0 unspecified atom stereocenters. The van der Waals surface area contributed by atoms with E-state index in [1.54, 1.807) is 17.2 Å². The van der Waals surface area contributed by atoms with Crippen LogP contribution in [0.5, 0.6) is 0 Å². The molecule has 1 aromatic carbocycles. The van der Waals surface area contributed by atoms with E-state index in [-0.39, 0.29) is 23.9 Å². The number of hydrogen-bond acceptors (Lipinski definition) is 3. The molecule has 1 fully saturated rings. The van der Waals surface area contributed by atoms with Crippen LogP contribution in [0.4, 0.5) is 0 Å². The third kappa shape index (κ3) is 4.01. The largest absolute Gasteiger partial charge is 0.361 e. The lowest BCUT2D eigenvalue weighted by Gasteiger charge is -2.24. The monoisotopic (exact) mass is 390 g/mol. The van der Waals surface area contributed by atoms with Crippen LogP contribution in [-0.4, -0.2) is 45.8 Å². The summed E-state index contributed by atoms with van der Waals surface area (Å²) in [5.74, 6) is -0.00943. The van der Waals surface area contributed by atoms with Crippen LogP contribution in [-0.2, 0) is 4.79 Å². The molecule has 0 bridgehead atoms. The molecule has 1 aliphatic rings. The maximum Gasteiger partial charge on any atom is 0.272 e. The SMILES string of the molecule is CCC(=O)N[C@H]1CC[C@@H](N(C)C(=O)c2ccc(-c3ccc4[nH]ccc4c3)cn2)C1. The van der Waals surface area contributed by atoms with Crippen molar-refractivity contribution in [2.45, 2.75) is 44.7 Å². The van der Waals surface area contributed by atoms with Gasteiger partial charge in [-0.05, 0) is 54.5 Å². The molecule has 6 heteroatoms. The van der Waals surface area contributed by atoms with E-state index < -0.39 is 0 Å². The van der Waals surface area contributed by atoms with Crippen LogP contribution in [0.1, 0.15) is 43.1 Å². The molecule has 2 heterocycles. The normalized spacial score (nSPS) is 18.7. The number of nitrogens with one attached hydrogen (secondary N) is 2. The average molecular weight is 390 g/mol. The van der Waals surface area contributed by atoms with Gasteiger partial charge in [0.25, 0.3) is 5.91 Å². The van der Waals surface area contributed by atoms with Gasteiger partial charge in [0, 0.05) is 49.0 Å². The maximum atomic E-state index is 12.9. The van der Waals surface area contributed by atoms with Crippen molar-refractivity contribution in [2.75, 3.05) is 7.05 Å². The van der Waals surface area contributed by atoms with Gasteiger partial charge in [-0.2, -0.15) is 0 Å². The molecule has 29 heavy (non-hydrogen) atoms. The first kappa shape index (κ1) is 19.2. The minimum Gasteiger partial charge on any atom is -0.361 e.